The SMILES string of the molecule is CC(C)S(=O)(=O)NC1CCCC1c1ccc(-c2ccc(C3CCCC3C(N)=O)cc2)cc1. The van der Waals surface area contributed by atoms with Crippen LogP contribution in [0.4, 0.5) is 0 Å². The van der Waals surface area contributed by atoms with Gasteiger partial charge in [0.1, 0.15) is 0 Å². The first-order chi connectivity index (χ1) is 15.3. The van der Waals surface area contributed by atoms with Crippen molar-refractivity contribution >= 4 is 15.9 Å². The molecular weight excluding hydrogens is 420 g/mol. The van der Waals surface area contributed by atoms with Crippen LogP contribution in [0, 0.1) is 5.92 Å². The zero-order valence-corrected chi connectivity index (χ0v) is 19.8. The Labute approximate surface area is 191 Å². The van der Waals surface area contributed by atoms with Crippen LogP contribution in [0.2, 0.25) is 0 Å². The molecule has 32 heavy (non-hydrogen) atoms. The summed E-state index contributed by atoms with van der Waals surface area (Å²) in [6, 6.07) is 17.0. The molecule has 4 atom stereocenters. The number of nitrogens with one attached hydrogen (secondary N) is 1. The second-order valence-electron chi connectivity index (χ2n) is 9.65. The van der Waals surface area contributed by atoms with Gasteiger partial charge in [0, 0.05) is 17.9 Å². The number of carbonyl (C=O) groups excluding carboxylic acids is 1. The van der Waals surface area contributed by atoms with Crippen LogP contribution < -0.4 is 10.5 Å². The molecule has 6 heteroatoms. The lowest BCUT2D eigenvalue weighted by Gasteiger charge is -2.23. The Kier molecular flexibility index (Phi) is 6.72. The van der Waals surface area contributed by atoms with Crippen molar-refractivity contribution in [3.05, 3.63) is 59.7 Å². The van der Waals surface area contributed by atoms with Gasteiger partial charge in [-0.15, -0.1) is 0 Å². The number of sulfonamides is 1. The predicted molar refractivity (Wildman–Crippen MR) is 129 cm³/mol. The van der Waals surface area contributed by atoms with E-state index in [0.717, 1.165) is 49.7 Å². The van der Waals surface area contributed by atoms with Crippen molar-refractivity contribution in [2.45, 2.75) is 75.5 Å². The van der Waals surface area contributed by atoms with E-state index in [1.165, 1.54) is 11.1 Å². The van der Waals surface area contributed by atoms with Crippen molar-refractivity contribution in [1.29, 1.82) is 0 Å². The molecule has 0 spiro atoms. The quantitative estimate of drug-likeness (QED) is 0.636. The van der Waals surface area contributed by atoms with Crippen LogP contribution in [0.3, 0.4) is 0 Å². The highest BCUT2D eigenvalue weighted by Crippen LogP contribution is 2.40. The Morgan fingerprint density at radius 2 is 1.34 bits per heavy atom. The molecular formula is C26H34N2O3S. The number of carbonyl (C=O) groups is 1. The van der Waals surface area contributed by atoms with E-state index in [0.29, 0.717) is 0 Å². The highest BCUT2D eigenvalue weighted by molar-refractivity contribution is 7.90. The van der Waals surface area contributed by atoms with Crippen LogP contribution in [-0.2, 0) is 14.8 Å². The molecule has 0 radical (unpaired) electrons. The lowest BCUT2D eigenvalue weighted by atomic mass is 9.87. The first kappa shape index (κ1) is 23.0. The molecule has 4 unspecified atom stereocenters. The number of benzene rings is 2. The van der Waals surface area contributed by atoms with Gasteiger partial charge < -0.3 is 5.73 Å². The minimum Gasteiger partial charge on any atom is -0.369 e. The average molecular weight is 455 g/mol. The standard InChI is InChI=1S/C26H34N2O3S/c1-17(2)32(30,31)28-25-8-4-6-23(25)21-15-11-19(12-16-21)18-9-13-20(14-10-18)22-5-3-7-24(22)26(27)29/h9-17,22-25,28H,3-8H2,1-2H3,(H2,27,29). The van der Waals surface area contributed by atoms with Crippen LogP contribution in [-0.4, -0.2) is 25.6 Å². The third kappa shape index (κ3) is 4.76. The van der Waals surface area contributed by atoms with E-state index in [4.69, 9.17) is 5.73 Å². The van der Waals surface area contributed by atoms with Gasteiger partial charge in [0.05, 0.1) is 5.25 Å². The van der Waals surface area contributed by atoms with E-state index in [1.807, 2.05) is 0 Å². The summed E-state index contributed by atoms with van der Waals surface area (Å²) >= 11 is 0. The summed E-state index contributed by atoms with van der Waals surface area (Å²) < 4.78 is 27.6. The van der Waals surface area contributed by atoms with Crippen molar-refractivity contribution in [1.82, 2.24) is 4.72 Å². The molecule has 2 fully saturated rings. The Morgan fingerprint density at radius 1 is 0.844 bits per heavy atom. The van der Waals surface area contributed by atoms with Gasteiger partial charge >= 0.3 is 0 Å². The molecule has 2 aliphatic rings. The van der Waals surface area contributed by atoms with E-state index >= 15 is 0 Å². The second-order valence-corrected chi connectivity index (χ2v) is 11.9. The van der Waals surface area contributed by atoms with Crippen LogP contribution in [0.1, 0.15) is 75.3 Å². The molecule has 3 N–H and O–H groups in total. The normalized spacial score (nSPS) is 26.0. The van der Waals surface area contributed by atoms with Gasteiger partial charge in [-0.3, -0.25) is 4.79 Å². The summed E-state index contributed by atoms with van der Waals surface area (Å²) in [6.07, 6.45) is 5.88. The summed E-state index contributed by atoms with van der Waals surface area (Å²) in [5.74, 6) is 0.214. The Morgan fingerprint density at radius 3 is 1.88 bits per heavy atom. The molecule has 1 amide bonds. The van der Waals surface area contributed by atoms with Crippen molar-refractivity contribution in [3.8, 4) is 11.1 Å². The number of primary amides is 1. The Hall–Kier alpha value is -2.18. The topological polar surface area (TPSA) is 89.3 Å². The summed E-state index contributed by atoms with van der Waals surface area (Å²) in [4.78, 5) is 11.7. The predicted octanol–water partition coefficient (Wildman–Crippen LogP) is 4.69. The van der Waals surface area contributed by atoms with Gasteiger partial charge in [0.15, 0.2) is 0 Å². The molecule has 2 aromatic carbocycles. The molecule has 0 aromatic heterocycles. The third-order valence-electron chi connectivity index (χ3n) is 7.34. The monoisotopic (exact) mass is 454 g/mol. The summed E-state index contributed by atoms with van der Waals surface area (Å²) in [5, 5.41) is -0.420. The van der Waals surface area contributed by atoms with Crippen molar-refractivity contribution in [3.63, 3.8) is 0 Å². The molecule has 5 nitrogen and oxygen atoms in total. The lowest BCUT2D eigenvalue weighted by molar-refractivity contribution is -0.122. The van der Waals surface area contributed by atoms with Gasteiger partial charge in [0.25, 0.3) is 0 Å². The average Bonchev–Trinajstić information content (AvgIpc) is 3.43. The van der Waals surface area contributed by atoms with E-state index < -0.39 is 15.3 Å². The summed E-state index contributed by atoms with van der Waals surface area (Å²) in [6.45, 7) is 3.43. The first-order valence-electron chi connectivity index (χ1n) is 11.8. The zero-order valence-electron chi connectivity index (χ0n) is 19.0. The largest absolute Gasteiger partial charge is 0.369 e. The second kappa shape index (κ2) is 9.36. The fraction of sp³-hybridized carbons (Fsp3) is 0.500. The molecule has 172 valence electrons. The Balaban J connectivity index is 1.47. The maximum atomic E-state index is 12.3. The molecule has 2 aliphatic carbocycles. The van der Waals surface area contributed by atoms with Crippen molar-refractivity contribution in [2.75, 3.05) is 0 Å². The first-order valence-corrected chi connectivity index (χ1v) is 13.3. The number of rotatable bonds is 7. The van der Waals surface area contributed by atoms with Crippen LogP contribution in [0.5, 0.6) is 0 Å². The minimum absolute atomic E-state index is 0.0304. The summed E-state index contributed by atoms with van der Waals surface area (Å²) in [7, 11) is -3.27. The van der Waals surface area contributed by atoms with E-state index in [9.17, 15) is 13.2 Å². The van der Waals surface area contributed by atoms with Gasteiger partial charge in [0.2, 0.25) is 15.9 Å². The van der Waals surface area contributed by atoms with Gasteiger partial charge in [-0.25, -0.2) is 13.1 Å². The molecule has 2 aromatic rings. The maximum absolute atomic E-state index is 12.3. The molecule has 4 rings (SSSR count). The van der Waals surface area contributed by atoms with E-state index in [-0.39, 0.29) is 29.7 Å². The third-order valence-corrected chi connectivity index (χ3v) is 9.22. The van der Waals surface area contributed by atoms with Crippen molar-refractivity contribution in [2.24, 2.45) is 11.7 Å². The Bertz CT molecular complexity index is 1050. The van der Waals surface area contributed by atoms with Gasteiger partial charge in [-0.05, 0) is 67.7 Å². The fourth-order valence-corrected chi connectivity index (χ4v) is 6.37. The molecule has 0 aliphatic heterocycles. The van der Waals surface area contributed by atoms with E-state index in [2.05, 4.69) is 53.3 Å². The molecule has 2 saturated carbocycles. The van der Waals surface area contributed by atoms with Crippen LogP contribution in [0.25, 0.3) is 11.1 Å². The number of amides is 1. The molecule has 0 saturated heterocycles. The molecule has 0 heterocycles. The highest BCUT2D eigenvalue weighted by atomic mass is 32.2. The highest BCUT2D eigenvalue weighted by Gasteiger charge is 2.33. The van der Waals surface area contributed by atoms with Gasteiger partial charge in [-0.1, -0.05) is 61.4 Å². The fourth-order valence-electron chi connectivity index (χ4n) is 5.39. The van der Waals surface area contributed by atoms with Crippen LogP contribution >= 0.6 is 0 Å². The van der Waals surface area contributed by atoms with Gasteiger partial charge in [-0.2, -0.15) is 0 Å². The minimum atomic E-state index is -3.27. The summed E-state index contributed by atoms with van der Waals surface area (Å²) in [5.41, 5.74) is 10.2. The number of nitrogens with two attached hydrogens (primary N) is 1. The number of hydrogen-bond donors (Lipinski definition) is 2. The number of hydrogen-bond acceptors (Lipinski definition) is 3. The lowest BCUT2D eigenvalue weighted by Crippen LogP contribution is -2.40. The van der Waals surface area contributed by atoms with Crippen LogP contribution in [0.15, 0.2) is 48.5 Å². The van der Waals surface area contributed by atoms with Crippen molar-refractivity contribution < 1.29 is 13.2 Å². The molecule has 0 bridgehead atoms. The smallest absolute Gasteiger partial charge is 0.221 e. The maximum Gasteiger partial charge on any atom is 0.221 e. The van der Waals surface area contributed by atoms with E-state index in [1.54, 1.807) is 13.8 Å². The zero-order chi connectivity index (χ0) is 22.9.